The first-order chi connectivity index (χ1) is 10.1. The maximum atomic E-state index is 12.4. The molecule has 0 radical (unpaired) electrons. The van der Waals surface area contributed by atoms with E-state index >= 15 is 0 Å². The second kappa shape index (κ2) is 5.21. The summed E-state index contributed by atoms with van der Waals surface area (Å²) in [6.07, 6.45) is 4.13. The van der Waals surface area contributed by atoms with E-state index in [0.29, 0.717) is 6.61 Å². The zero-order valence-electron chi connectivity index (χ0n) is 11.4. The predicted molar refractivity (Wildman–Crippen MR) is 79.9 cm³/mol. The number of fused-ring (bicyclic) bond motifs is 1. The molecule has 0 aliphatic rings. The number of aromatic nitrogens is 2. The lowest BCUT2D eigenvalue weighted by atomic mass is 10.1. The minimum atomic E-state index is -3.58. The van der Waals surface area contributed by atoms with Crippen LogP contribution in [0, 0.1) is 0 Å². The second-order valence-electron chi connectivity index (χ2n) is 4.50. The summed E-state index contributed by atoms with van der Waals surface area (Å²) in [6.45, 7) is 2.52. The van der Waals surface area contributed by atoms with Crippen LogP contribution in [0.25, 0.3) is 10.8 Å². The highest BCUT2D eigenvalue weighted by Gasteiger charge is 2.16. The van der Waals surface area contributed by atoms with Crippen LogP contribution in [0.3, 0.4) is 0 Å². The fourth-order valence-electron chi connectivity index (χ4n) is 2.13. The minimum absolute atomic E-state index is 0.233. The summed E-state index contributed by atoms with van der Waals surface area (Å²) >= 11 is 0. The molecular weight excluding hydrogens is 288 g/mol. The van der Waals surface area contributed by atoms with Crippen LogP contribution in [0.2, 0.25) is 0 Å². The topological polar surface area (TPSA) is 61.2 Å². The fourth-order valence-corrected chi connectivity index (χ4v) is 3.28. The summed E-state index contributed by atoms with van der Waals surface area (Å²) in [5, 5.41) is 1.78. The molecule has 0 aliphatic heterocycles. The predicted octanol–water partition coefficient (Wildman–Crippen LogP) is 2.67. The van der Waals surface area contributed by atoms with Gasteiger partial charge in [0.05, 0.1) is 11.5 Å². The molecule has 0 saturated carbocycles. The largest absolute Gasteiger partial charge is 0.494 e. The third-order valence-electron chi connectivity index (χ3n) is 3.15. The molecule has 0 N–H and O–H groups in total. The number of benzene rings is 2. The normalized spacial score (nSPS) is 11.7. The fraction of sp³-hybridized carbons (Fsp3) is 0.133. The Morgan fingerprint density at radius 1 is 1.14 bits per heavy atom. The first-order valence-corrected chi connectivity index (χ1v) is 7.95. The van der Waals surface area contributed by atoms with Gasteiger partial charge in [-0.2, -0.15) is 0 Å². The highest BCUT2D eigenvalue weighted by molar-refractivity contribution is 7.90. The summed E-state index contributed by atoms with van der Waals surface area (Å²) in [5.41, 5.74) is 0. The molecule has 108 valence electrons. The summed E-state index contributed by atoms with van der Waals surface area (Å²) in [5.74, 6) is 0.773. The van der Waals surface area contributed by atoms with Crippen LogP contribution < -0.4 is 4.74 Å². The van der Waals surface area contributed by atoms with Crippen molar-refractivity contribution in [3.05, 3.63) is 55.1 Å². The Kier molecular flexibility index (Phi) is 3.39. The molecule has 0 saturated heterocycles. The molecule has 2 aromatic carbocycles. The lowest BCUT2D eigenvalue weighted by molar-refractivity contribution is 0.341. The smallest absolute Gasteiger partial charge is 0.268 e. The lowest BCUT2D eigenvalue weighted by Gasteiger charge is -2.08. The van der Waals surface area contributed by atoms with E-state index in [0.717, 1.165) is 20.5 Å². The van der Waals surface area contributed by atoms with Crippen molar-refractivity contribution in [2.24, 2.45) is 0 Å². The molecule has 3 rings (SSSR count). The van der Waals surface area contributed by atoms with E-state index < -0.39 is 10.0 Å². The van der Waals surface area contributed by atoms with E-state index in [-0.39, 0.29) is 4.90 Å². The van der Waals surface area contributed by atoms with Gasteiger partial charge in [-0.05, 0) is 42.0 Å². The van der Waals surface area contributed by atoms with Crippen molar-refractivity contribution in [2.45, 2.75) is 11.8 Å². The maximum absolute atomic E-state index is 12.4. The Morgan fingerprint density at radius 3 is 2.62 bits per heavy atom. The number of hydrogen-bond acceptors (Lipinski definition) is 4. The average Bonchev–Trinajstić information content (AvgIpc) is 3.02. The van der Waals surface area contributed by atoms with Crippen LogP contribution in [0.4, 0.5) is 0 Å². The van der Waals surface area contributed by atoms with Gasteiger partial charge in [0.1, 0.15) is 12.1 Å². The summed E-state index contributed by atoms with van der Waals surface area (Å²) in [4.78, 5) is 4.01. The van der Waals surface area contributed by atoms with Gasteiger partial charge in [0.15, 0.2) is 0 Å². The highest BCUT2D eigenvalue weighted by atomic mass is 32.2. The van der Waals surface area contributed by atoms with E-state index in [1.54, 1.807) is 18.2 Å². The van der Waals surface area contributed by atoms with E-state index in [4.69, 9.17) is 4.74 Å². The van der Waals surface area contributed by atoms with Gasteiger partial charge in [0, 0.05) is 12.4 Å². The number of imidazole rings is 1. The molecule has 0 bridgehead atoms. The molecule has 0 unspecified atom stereocenters. The van der Waals surface area contributed by atoms with Gasteiger partial charge in [0.2, 0.25) is 0 Å². The first-order valence-electron chi connectivity index (χ1n) is 6.51. The molecule has 1 heterocycles. The van der Waals surface area contributed by atoms with Gasteiger partial charge < -0.3 is 4.74 Å². The zero-order valence-corrected chi connectivity index (χ0v) is 12.2. The van der Waals surface area contributed by atoms with Gasteiger partial charge in [-0.3, -0.25) is 0 Å². The zero-order chi connectivity index (χ0) is 14.9. The first kappa shape index (κ1) is 13.6. The van der Waals surface area contributed by atoms with Gasteiger partial charge in [-0.15, -0.1) is 0 Å². The van der Waals surface area contributed by atoms with Crippen LogP contribution in [-0.4, -0.2) is 24.0 Å². The summed E-state index contributed by atoms with van der Waals surface area (Å²) in [6, 6.07) is 10.6. The van der Waals surface area contributed by atoms with Gasteiger partial charge in [0.25, 0.3) is 10.0 Å². The molecule has 3 aromatic rings. The van der Waals surface area contributed by atoms with E-state index in [1.165, 1.54) is 18.7 Å². The molecule has 5 nitrogen and oxygen atoms in total. The average molecular weight is 302 g/mol. The van der Waals surface area contributed by atoms with Crippen molar-refractivity contribution in [1.29, 1.82) is 0 Å². The molecule has 0 aliphatic carbocycles. The van der Waals surface area contributed by atoms with Crippen molar-refractivity contribution in [2.75, 3.05) is 6.61 Å². The maximum Gasteiger partial charge on any atom is 0.268 e. The molecule has 21 heavy (non-hydrogen) atoms. The van der Waals surface area contributed by atoms with Gasteiger partial charge in [-0.25, -0.2) is 17.4 Å². The molecule has 0 fully saturated rings. The van der Waals surface area contributed by atoms with Crippen molar-refractivity contribution < 1.29 is 13.2 Å². The standard InChI is InChI=1S/C15H14N2O3S/c1-2-20-14-5-3-13-10-15(6-4-12(13)9-14)21(18,19)17-8-7-16-11-17/h3-11H,2H2,1H3. The summed E-state index contributed by atoms with van der Waals surface area (Å²) < 4.78 is 31.4. The number of ether oxygens (including phenoxy) is 1. The van der Waals surface area contributed by atoms with Crippen LogP contribution in [0.5, 0.6) is 5.75 Å². The Morgan fingerprint density at radius 2 is 1.90 bits per heavy atom. The monoisotopic (exact) mass is 302 g/mol. The number of hydrogen-bond donors (Lipinski definition) is 0. The van der Waals surface area contributed by atoms with Crippen molar-refractivity contribution in [1.82, 2.24) is 8.96 Å². The second-order valence-corrected chi connectivity index (χ2v) is 6.34. The lowest BCUT2D eigenvalue weighted by Crippen LogP contribution is -2.10. The Balaban J connectivity index is 2.08. The van der Waals surface area contributed by atoms with E-state index in [1.807, 2.05) is 25.1 Å². The Labute approximate surface area is 122 Å². The number of nitrogens with zero attached hydrogens (tertiary/aromatic N) is 2. The van der Waals surface area contributed by atoms with Gasteiger partial charge in [-0.1, -0.05) is 12.1 Å². The van der Waals surface area contributed by atoms with Crippen LogP contribution >= 0.6 is 0 Å². The molecule has 1 aromatic heterocycles. The molecule has 0 amide bonds. The third kappa shape index (κ3) is 2.50. The van der Waals surface area contributed by atoms with Crippen molar-refractivity contribution in [3.8, 4) is 5.75 Å². The van der Waals surface area contributed by atoms with Crippen LogP contribution in [-0.2, 0) is 10.0 Å². The Bertz CT molecular complexity index is 871. The molecule has 0 spiro atoms. The third-order valence-corrected chi connectivity index (χ3v) is 4.77. The molecular formula is C15H14N2O3S. The van der Waals surface area contributed by atoms with Crippen LogP contribution in [0.15, 0.2) is 60.0 Å². The minimum Gasteiger partial charge on any atom is -0.494 e. The van der Waals surface area contributed by atoms with E-state index in [2.05, 4.69) is 4.98 Å². The SMILES string of the molecule is CCOc1ccc2cc(S(=O)(=O)n3ccnc3)ccc2c1. The highest BCUT2D eigenvalue weighted by Crippen LogP contribution is 2.24. The quantitative estimate of drug-likeness (QED) is 0.743. The molecule has 6 heteroatoms. The molecule has 0 atom stereocenters. The van der Waals surface area contributed by atoms with Crippen molar-refractivity contribution >= 4 is 20.8 Å². The number of rotatable bonds is 4. The van der Waals surface area contributed by atoms with E-state index in [9.17, 15) is 8.42 Å². The van der Waals surface area contributed by atoms with Crippen LogP contribution in [0.1, 0.15) is 6.92 Å². The van der Waals surface area contributed by atoms with Gasteiger partial charge >= 0.3 is 0 Å². The van der Waals surface area contributed by atoms with Crippen molar-refractivity contribution in [3.63, 3.8) is 0 Å². The Hall–Kier alpha value is -2.34. The summed E-state index contributed by atoms with van der Waals surface area (Å²) in [7, 11) is -3.58.